The zero-order valence-electron chi connectivity index (χ0n) is 15.7. The summed E-state index contributed by atoms with van der Waals surface area (Å²) < 4.78 is 10.5. The maximum atomic E-state index is 12.6. The van der Waals surface area contributed by atoms with E-state index in [1.54, 1.807) is 30.3 Å². The Morgan fingerprint density at radius 3 is 2.33 bits per heavy atom. The molecule has 1 aliphatic heterocycles. The molecule has 0 spiro atoms. The van der Waals surface area contributed by atoms with Gasteiger partial charge in [-0.15, -0.1) is 0 Å². The number of amides is 2. The van der Waals surface area contributed by atoms with Gasteiger partial charge in [0.15, 0.2) is 11.5 Å². The van der Waals surface area contributed by atoms with E-state index in [9.17, 15) is 9.59 Å². The van der Waals surface area contributed by atoms with Crippen LogP contribution in [0.2, 0.25) is 0 Å². The number of rotatable bonds is 6. The summed E-state index contributed by atoms with van der Waals surface area (Å²) in [4.78, 5) is 26.7. The second kappa shape index (κ2) is 8.58. The van der Waals surface area contributed by atoms with Gasteiger partial charge in [0.1, 0.15) is 0 Å². The third kappa shape index (κ3) is 4.39. The first kappa shape index (κ1) is 18.8. The molecule has 0 aromatic heterocycles. The number of nitrogens with one attached hydrogen (secondary N) is 1. The van der Waals surface area contributed by atoms with Crippen LogP contribution in [0.1, 0.15) is 28.8 Å². The van der Waals surface area contributed by atoms with Crippen LogP contribution >= 0.6 is 0 Å². The maximum Gasteiger partial charge on any atom is 0.259 e. The Morgan fingerprint density at radius 1 is 1.00 bits per heavy atom. The molecule has 3 rings (SSSR count). The average molecular weight is 368 g/mol. The summed E-state index contributed by atoms with van der Waals surface area (Å²) in [6, 6.07) is 12.5. The molecule has 1 saturated heterocycles. The van der Waals surface area contributed by atoms with Gasteiger partial charge >= 0.3 is 0 Å². The number of benzene rings is 2. The van der Waals surface area contributed by atoms with E-state index in [-0.39, 0.29) is 11.8 Å². The van der Waals surface area contributed by atoms with Gasteiger partial charge in [-0.2, -0.15) is 0 Å². The van der Waals surface area contributed by atoms with E-state index < -0.39 is 0 Å². The minimum atomic E-state index is -0.286. The number of nitrogens with zero attached hydrogens (tertiary/aromatic N) is 1. The van der Waals surface area contributed by atoms with Gasteiger partial charge in [0, 0.05) is 18.8 Å². The van der Waals surface area contributed by atoms with E-state index in [0.717, 1.165) is 31.5 Å². The lowest BCUT2D eigenvalue weighted by Crippen LogP contribution is -2.29. The summed E-state index contributed by atoms with van der Waals surface area (Å²) in [5.41, 5.74) is 1.98. The van der Waals surface area contributed by atoms with Gasteiger partial charge in [0.25, 0.3) is 5.91 Å². The highest BCUT2D eigenvalue weighted by Gasteiger charge is 2.18. The first-order chi connectivity index (χ1) is 13.1. The lowest BCUT2D eigenvalue weighted by molar-refractivity contribution is -0.129. The van der Waals surface area contributed by atoms with Crippen LogP contribution in [-0.2, 0) is 11.2 Å². The molecular formula is C21H24N2O4. The standard InChI is InChI=1S/C21H24N2O4/c1-26-18-7-5-6-17(20(18)27-2)21(25)22-16-10-8-15(9-11-16)14-19(24)23-12-3-4-13-23/h5-11H,3-4,12-14H2,1-2H3,(H,22,25). The molecule has 6 nitrogen and oxygen atoms in total. The summed E-state index contributed by atoms with van der Waals surface area (Å²) in [5.74, 6) is 0.767. The summed E-state index contributed by atoms with van der Waals surface area (Å²) in [6.45, 7) is 1.71. The molecule has 0 radical (unpaired) electrons. The number of hydrogen-bond acceptors (Lipinski definition) is 4. The van der Waals surface area contributed by atoms with Crippen LogP contribution in [0.25, 0.3) is 0 Å². The van der Waals surface area contributed by atoms with Crippen molar-refractivity contribution in [3.05, 3.63) is 53.6 Å². The average Bonchev–Trinajstić information content (AvgIpc) is 3.23. The monoisotopic (exact) mass is 368 g/mol. The van der Waals surface area contributed by atoms with Gasteiger partial charge in [-0.1, -0.05) is 18.2 Å². The number of likely N-dealkylation sites (tertiary alicyclic amines) is 1. The second-order valence-electron chi connectivity index (χ2n) is 6.46. The lowest BCUT2D eigenvalue weighted by atomic mass is 10.1. The van der Waals surface area contributed by atoms with Crippen molar-refractivity contribution < 1.29 is 19.1 Å². The van der Waals surface area contributed by atoms with Crippen LogP contribution in [0, 0.1) is 0 Å². The minimum Gasteiger partial charge on any atom is -0.493 e. The summed E-state index contributed by atoms with van der Waals surface area (Å²) >= 11 is 0. The second-order valence-corrected chi connectivity index (χ2v) is 6.46. The summed E-state index contributed by atoms with van der Waals surface area (Å²) in [6.07, 6.45) is 2.56. The molecule has 1 aliphatic rings. The molecule has 0 atom stereocenters. The number of methoxy groups -OCH3 is 2. The largest absolute Gasteiger partial charge is 0.493 e. The molecule has 6 heteroatoms. The number of para-hydroxylation sites is 1. The minimum absolute atomic E-state index is 0.158. The van der Waals surface area contributed by atoms with Crippen molar-refractivity contribution in [1.29, 1.82) is 0 Å². The molecule has 1 heterocycles. The van der Waals surface area contributed by atoms with Gasteiger partial charge < -0.3 is 19.7 Å². The SMILES string of the molecule is COc1cccc(C(=O)Nc2ccc(CC(=O)N3CCCC3)cc2)c1OC. The molecule has 0 saturated carbocycles. The van der Waals surface area contributed by atoms with Crippen molar-refractivity contribution in [2.75, 3.05) is 32.6 Å². The Hall–Kier alpha value is -3.02. The quantitative estimate of drug-likeness (QED) is 0.851. The van der Waals surface area contributed by atoms with Crippen molar-refractivity contribution in [3.8, 4) is 11.5 Å². The van der Waals surface area contributed by atoms with Crippen molar-refractivity contribution in [1.82, 2.24) is 4.90 Å². The predicted molar refractivity (Wildman–Crippen MR) is 103 cm³/mol. The maximum absolute atomic E-state index is 12.6. The zero-order chi connectivity index (χ0) is 19.2. The van der Waals surface area contributed by atoms with E-state index >= 15 is 0 Å². The lowest BCUT2D eigenvalue weighted by Gasteiger charge is -2.15. The molecule has 142 valence electrons. The molecule has 1 N–H and O–H groups in total. The van der Waals surface area contributed by atoms with Gasteiger partial charge in [0.05, 0.1) is 26.2 Å². The van der Waals surface area contributed by atoms with Crippen LogP contribution in [0.4, 0.5) is 5.69 Å². The van der Waals surface area contributed by atoms with Crippen LogP contribution in [0.15, 0.2) is 42.5 Å². The summed E-state index contributed by atoms with van der Waals surface area (Å²) in [7, 11) is 3.03. The number of carbonyl (C=O) groups is 2. The Bertz CT molecular complexity index is 811. The molecule has 2 aromatic rings. The Balaban J connectivity index is 1.66. The van der Waals surface area contributed by atoms with E-state index in [2.05, 4.69) is 5.32 Å². The number of ether oxygens (including phenoxy) is 2. The normalized spacial score (nSPS) is 13.3. The molecule has 2 aromatic carbocycles. The third-order valence-electron chi connectivity index (χ3n) is 4.67. The van der Waals surface area contributed by atoms with Crippen LogP contribution < -0.4 is 14.8 Å². The van der Waals surface area contributed by atoms with Gasteiger partial charge in [-0.25, -0.2) is 0 Å². The molecular weight excluding hydrogens is 344 g/mol. The van der Waals surface area contributed by atoms with E-state index in [0.29, 0.717) is 29.2 Å². The number of hydrogen-bond donors (Lipinski definition) is 1. The Morgan fingerprint density at radius 2 is 1.70 bits per heavy atom. The highest BCUT2D eigenvalue weighted by atomic mass is 16.5. The number of carbonyl (C=O) groups excluding carboxylic acids is 2. The van der Waals surface area contributed by atoms with Gasteiger partial charge in [-0.05, 0) is 42.7 Å². The highest BCUT2D eigenvalue weighted by Crippen LogP contribution is 2.31. The molecule has 1 fully saturated rings. The van der Waals surface area contributed by atoms with Gasteiger partial charge in [-0.3, -0.25) is 9.59 Å². The van der Waals surface area contributed by atoms with E-state index in [1.165, 1.54) is 14.2 Å². The van der Waals surface area contributed by atoms with E-state index in [1.807, 2.05) is 17.0 Å². The fourth-order valence-electron chi connectivity index (χ4n) is 3.22. The third-order valence-corrected chi connectivity index (χ3v) is 4.67. The number of anilines is 1. The van der Waals surface area contributed by atoms with Gasteiger partial charge in [0.2, 0.25) is 5.91 Å². The van der Waals surface area contributed by atoms with Crippen molar-refractivity contribution in [2.45, 2.75) is 19.3 Å². The Labute approximate surface area is 159 Å². The first-order valence-corrected chi connectivity index (χ1v) is 9.01. The molecule has 0 bridgehead atoms. The molecule has 2 amide bonds. The topological polar surface area (TPSA) is 67.9 Å². The molecule has 27 heavy (non-hydrogen) atoms. The Kier molecular flexibility index (Phi) is 5.96. The molecule has 0 aliphatic carbocycles. The zero-order valence-corrected chi connectivity index (χ0v) is 15.7. The molecule has 0 unspecified atom stereocenters. The van der Waals surface area contributed by atoms with E-state index in [4.69, 9.17) is 9.47 Å². The fraction of sp³-hybridized carbons (Fsp3) is 0.333. The van der Waals surface area contributed by atoms with Crippen molar-refractivity contribution in [3.63, 3.8) is 0 Å². The smallest absolute Gasteiger partial charge is 0.259 e. The van der Waals surface area contributed by atoms with Crippen LogP contribution in [0.3, 0.4) is 0 Å². The highest BCUT2D eigenvalue weighted by molar-refractivity contribution is 6.06. The van der Waals surface area contributed by atoms with Crippen molar-refractivity contribution >= 4 is 17.5 Å². The predicted octanol–water partition coefficient (Wildman–Crippen LogP) is 3.12. The van der Waals surface area contributed by atoms with Crippen LogP contribution in [-0.4, -0.2) is 44.0 Å². The summed E-state index contributed by atoms with van der Waals surface area (Å²) in [5, 5.41) is 2.85. The van der Waals surface area contributed by atoms with Crippen LogP contribution in [0.5, 0.6) is 11.5 Å². The first-order valence-electron chi connectivity index (χ1n) is 9.01. The van der Waals surface area contributed by atoms with Crippen molar-refractivity contribution in [2.24, 2.45) is 0 Å². The fourth-order valence-corrected chi connectivity index (χ4v) is 3.22.